The lowest BCUT2D eigenvalue weighted by molar-refractivity contribution is 0.0985. The van der Waals surface area contributed by atoms with Gasteiger partial charge in [-0.05, 0) is 12.8 Å². The zero-order valence-electron chi connectivity index (χ0n) is 7.89. The van der Waals surface area contributed by atoms with Crippen LogP contribution in [-0.4, -0.2) is 55.3 Å². The number of aliphatic hydroxyl groups is 2. The summed E-state index contributed by atoms with van der Waals surface area (Å²) >= 11 is 0. The molecule has 0 radical (unpaired) electrons. The van der Waals surface area contributed by atoms with E-state index in [1.807, 2.05) is 0 Å². The first-order valence-electron chi connectivity index (χ1n) is 4.60. The minimum atomic E-state index is -3.45. The molecule has 0 aliphatic carbocycles. The van der Waals surface area contributed by atoms with Crippen LogP contribution in [0.3, 0.4) is 0 Å². The summed E-state index contributed by atoms with van der Waals surface area (Å²) in [6.07, 6.45) is 0.722. The van der Waals surface area contributed by atoms with Crippen molar-refractivity contribution in [2.75, 3.05) is 26.2 Å². The molecule has 1 unspecified atom stereocenters. The van der Waals surface area contributed by atoms with Gasteiger partial charge in [0.2, 0.25) is 0 Å². The van der Waals surface area contributed by atoms with Crippen LogP contribution in [-0.2, 0) is 10.2 Å². The van der Waals surface area contributed by atoms with Crippen LogP contribution >= 0.6 is 0 Å². The molecule has 1 aliphatic heterocycles. The molecule has 1 atom stereocenters. The number of nitrogens with one attached hydrogen (secondary N) is 1. The fourth-order valence-electron chi connectivity index (χ4n) is 1.29. The van der Waals surface area contributed by atoms with Crippen LogP contribution in [0.15, 0.2) is 0 Å². The van der Waals surface area contributed by atoms with Gasteiger partial charge in [-0.3, -0.25) is 0 Å². The second-order valence-corrected chi connectivity index (χ2v) is 5.05. The van der Waals surface area contributed by atoms with Gasteiger partial charge in [-0.1, -0.05) is 0 Å². The molecule has 3 N–H and O–H groups in total. The van der Waals surface area contributed by atoms with E-state index in [9.17, 15) is 8.42 Å². The Labute approximate surface area is 83.7 Å². The third kappa shape index (κ3) is 3.18. The number of nitrogens with zero attached hydrogens (tertiary/aromatic N) is 1. The minimum absolute atomic E-state index is 0.144. The van der Waals surface area contributed by atoms with Crippen LogP contribution in [0.4, 0.5) is 0 Å². The average molecular weight is 224 g/mol. The fourth-order valence-corrected chi connectivity index (χ4v) is 2.61. The standard InChI is InChI=1S/C7H16N2O4S/c10-6-7(11)5-8-14(12,13)9-3-1-2-4-9/h7-8,10-11H,1-6H2. The highest BCUT2D eigenvalue weighted by Crippen LogP contribution is 2.10. The first-order valence-corrected chi connectivity index (χ1v) is 6.04. The summed E-state index contributed by atoms with van der Waals surface area (Å²) in [5, 5.41) is 17.5. The van der Waals surface area contributed by atoms with Crippen LogP contribution in [0.2, 0.25) is 0 Å². The van der Waals surface area contributed by atoms with Crippen molar-refractivity contribution in [1.29, 1.82) is 0 Å². The van der Waals surface area contributed by atoms with E-state index in [2.05, 4.69) is 4.72 Å². The van der Waals surface area contributed by atoms with Crippen LogP contribution in [0, 0.1) is 0 Å². The first-order chi connectivity index (χ1) is 6.56. The van der Waals surface area contributed by atoms with Crippen LogP contribution in [0.25, 0.3) is 0 Å². The van der Waals surface area contributed by atoms with E-state index in [4.69, 9.17) is 10.2 Å². The van der Waals surface area contributed by atoms with Gasteiger partial charge in [0.1, 0.15) is 0 Å². The number of rotatable bonds is 5. The highest BCUT2D eigenvalue weighted by Gasteiger charge is 2.25. The molecule has 84 valence electrons. The Hall–Kier alpha value is -0.210. The van der Waals surface area contributed by atoms with Crippen molar-refractivity contribution >= 4 is 10.2 Å². The van der Waals surface area contributed by atoms with Crippen LogP contribution < -0.4 is 4.72 Å². The number of hydrogen-bond acceptors (Lipinski definition) is 4. The summed E-state index contributed by atoms with van der Waals surface area (Å²) in [7, 11) is -3.45. The molecular weight excluding hydrogens is 208 g/mol. The zero-order chi connectivity index (χ0) is 10.6. The summed E-state index contributed by atoms with van der Waals surface area (Å²) in [5.74, 6) is 0. The predicted octanol–water partition coefficient (Wildman–Crippen LogP) is -1.73. The SMILES string of the molecule is O=S(=O)(NCC(O)CO)N1CCCC1. The Bertz CT molecular complexity index is 261. The maximum atomic E-state index is 11.5. The lowest BCUT2D eigenvalue weighted by atomic mass is 10.4. The highest BCUT2D eigenvalue weighted by molar-refractivity contribution is 7.87. The molecule has 0 amide bonds. The Morgan fingerprint density at radius 2 is 1.93 bits per heavy atom. The quantitative estimate of drug-likeness (QED) is 0.517. The predicted molar refractivity (Wildman–Crippen MR) is 50.8 cm³/mol. The van der Waals surface area contributed by atoms with Gasteiger partial charge in [-0.2, -0.15) is 17.4 Å². The maximum absolute atomic E-state index is 11.5. The average Bonchev–Trinajstić information content (AvgIpc) is 2.67. The van der Waals surface area contributed by atoms with E-state index >= 15 is 0 Å². The van der Waals surface area contributed by atoms with E-state index in [1.54, 1.807) is 0 Å². The van der Waals surface area contributed by atoms with Gasteiger partial charge < -0.3 is 10.2 Å². The van der Waals surface area contributed by atoms with Crippen molar-refractivity contribution in [3.8, 4) is 0 Å². The Morgan fingerprint density at radius 3 is 2.43 bits per heavy atom. The molecule has 0 spiro atoms. The van der Waals surface area contributed by atoms with E-state index in [-0.39, 0.29) is 6.54 Å². The maximum Gasteiger partial charge on any atom is 0.279 e. The summed E-state index contributed by atoms with van der Waals surface area (Å²) < 4.78 is 26.5. The van der Waals surface area contributed by atoms with Gasteiger partial charge in [0, 0.05) is 19.6 Å². The van der Waals surface area contributed by atoms with Crippen molar-refractivity contribution in [2.24, 2.45) is 0 Å². The van der Waals surface area contributed by atoms with Crippen molar-refractivity contribution in [3.63, 3.8) is 0 Å². The Morgan fingerprint density at radius 1 is 1.36 bits per heavy atom. The molecule has 1 fully saturated rings. The normalized spacial score (nSPS) is 21.3. The summed E-state index contributed by atoms with van der Waals surface area (Å²) in [6.45, 7) is 0.479. The van der Waals surface area contributed by atoms with E-state index in [0.717, 1.165) is 12.8 Å². The van der Waals surface area contributed by atoms with E-state index in [1.165, 1.54) is 4.31 Å². The number of aliphatic hydroxyl groups excluding tert-OH is 2. The summed E-state index contributed by atoms with van der Waals surface area (Å²) in [5.41, 5.74) is 0. The molecule has 0 aromatic rings. The Balaban J connectivity index is 2.41. The molecule has 0 aromatic carbocycles. The van der Waals surface area contributed by atoms with Crippen molar-refractivity contribution in [1.82, 2.24) is 9.03 Å². The van der Waals surface area contributed by atoms with Gasteiger partial charge in [0.15, 0.2) is 0 Å². The minimum Gasteiger partial charge on any atom is -0.394 e. The lowest BCUT2D eigenvalue weighted by Crippen LogP contribution is -2.42. The molecule has 7 heteroatoms. The molecule has 0 aromatic heterocycles. The second kappa shape index (κ2) is 5.04. The third-order valence-electron chi connectivity index (χ3n) is 2.12. The van der Waals surface area contributed by atoms with Gasteiger partial charge in [-0.15, -0.1) is 0 Å². The third-order valence-corrected chi connectivity index (χ3v) is 3.69. The highest BCUT2D eigenvalue weighted by atomic mass is 32.2. The molecule has 0 bridgehead atoms. The van der Waals surface area contributed by atoms with Gasteiger partial charge in [0.05, 0.1) is 12.7 Å². The van der Waals surface area contributed by atoms with Crippen molar-refractivity contribution < 1.29 is 18.6 Å². The van der Waals surface area contributed by atoms with E-state index in [0.29, 0.717) is 13.1 Å². The second-order valence-electron chi connectivity index (χ2n) is 3.30. The molecule has 1 rings (SSSR count). The van der Waals surface area contributed by atoms with Gasteiger partial charge in [0.25, 0.3) is 10.2 Å². The molecule has 6 nitrogen and oxygen atoms in total. The van der Waals surface area contributed by atoms with Gasteiger partial charge >= 0.3 is 0 Å². The monoisotopic (exact) mass is 224 g/mol. The van der Waals surface area contributed by atoms with Gasteiger partial charge in [-0.25, -0.2) is 0 Å². The number of hydrogen-bond donors (Lipinski definition) is 3. The lowest BCUT2D eigenvalue weighted by Gasteiger charge is -2.17. The topological polar surface area (TPSA) is 89.9 Å². The molecule has 14 heavy (non-hydrogen) atoms. The smallest absolute Gasteiger partial charge is 0.279 e. The molecule has 1 aliphatic rings. The van der Waals surface area contributed by atoms with E-state index < -0.39 is 22.9 Å². The molecule has 1 heterocycles. The van der Waals surface area contributed by atoms with Crippen LogP contribution in [0.1, 0.15) is 12.8 Å². The molecule has 0 saturated carbocycles. The summed E-state index contributed by atoms with van der Waals surface area (Å²) in [6, 6.07) is 0. The molecular formula is C7H16N2O4S. The van der Waals surface area contributed by atoms with Crippen molar-refractivity contribution in [3.05, 3.63) is 0 Å². The van der Waals surface area contributed by atoms with Crippen molar-refractivity contribution in [2.45, 2.75) is 18.9 Å². The largest absolute Gasteiger partial charge is 0.394 e. The molecule has 1 saturated heterocycles. The fraction of sp³-hybridized carbons (Fsp3) is 1.00. The van der Waals surface area contributed by atoms with Crippen LogP contribution in [0.5, 0.6) is 0 Å². The summed E-state index contributed by atoms with van der Waals surface area (Å²) in [4.78, 5) is 0. The Kier molecular flexibility index (Phi) is 4.27. The zero-order valence-corrected chi connectivity index (χ0v) is 8.70. The first kappa shape index (κ1) is 11.9.